The maximum Gasteiger partial charge on any atom is 0.303 e. The zero-order chi connectivity index (χ0) is 23.1. The van der Waals surface area contributed by atoms with Gasteiger partial charge in [0.1, 0.15) is 17.8 Å². The molecule has 0 saturated heterocycles. The van der Waals surface area contributed by atoms with Crippen molar-refractivity contribution in [1.82, 2.24) is 9.97 Å². The number of nitrogens with zero attached hydrogens (tertiary/aromatic N) is 3. The molecule has 1 aliphatic carbocycles. The zero-order valence-corrected chi connectivity index (χ0v) is 18.8. The van der Waals surface area contributed by atoms with Crippen LogP contribution in [0.4, 0.5) is 11.5 Å². The number of aromatic nitrogens is 2. The van der Waals surface area contributed by atoms with Crippen LogP contribution in [0.2, 0.25) is 0 Å². The minimum Gasteiger partial charge on any atom is -0.481 e. The van der Waals surface area contributed by atoms with Gasteiger partial charge in [-0.25, -0.2) is 18.4 Å². The van der Waals surface area contributed by atoms with Crippen LogP contribution < -0.4 is 10.2 Å². The van der Waals surface area contributed by atoms with Crippen molar-refractivity contribution in [1.29, 1.82) is 0 Å². The van der Waals surface area contributed by atoms with E-state index in [1.54, 1.807) is 6.07 Å². The third-order valence-corrected chi connectivity index (χ3v) is 6.97. The average molecular weight is 461 g/mol. The summed E-state index contributed by atoms with van der Waals surface area (Å²) in [7, 11) is -3.58. The van der Waals surface area contributed by atoms with E-state index >= 15 is 0 Å². The molecule has 172 valence electrons. The van der Waals surface area contributed by atoms with Crippen molar-refractivity contribution < 1.29 is 23.1 Å². The molecule has 2 N–H and O–H groups in total. The van der Waals surface area contributed by atoms with Crippen LogP contribution in [0.25, 0.3) is 0 Å². The minimum absolute atomic E-state index is 0.0436. The topological polar surface area (TPSA) is 130 Å². The second-order valence-corrected chi connectivity index (χ2v) is 10.1. The number of hydrogen-bond acceptors (Lipinski definition) is 7. The number of anilines is 2. The molecule has 1 amide bonds. The van der Waals surface area contributed by atoms with Crippen LogP contribution in [0.15, 0.2) is 41.6 Å². The number of carbonyl (C=O) groups excluding carboxylic acids is 1. The molecule has 0 unspecified atom stereocenters. The highest BCUT2D eigenvalue weighted by molar-refractivity contribution is 7.91. The van der Waals surface area contributed by atoms with Crippen LogP contribution in [-0.4, -0.2) is 54.2 Å². The third-order valence-electron chi connectivity index (χ3n) is 5.15. The van der Waals surface area contributed by atoms with Crippen molar-refractivity contribution in [2.75, 3.05) is 29.1 Å². The summed E-state index contributed by atoms with van der Waals surface area (Å²) < 4.78 is 24.6. The molecule has 2 aromatic rings. The molecular formula is C22H28N4O5S. The first-order valence-corrected chi connectivity index (χ1v) is 12.4. The highest BCUT2D eigenvalue weighted by Gasteiger charge is 2.25. The van der Waals surface area contributed by atoms with Crippen molar-refractivity contribution in [3.63, 3.8) is 0 Å². The highest BCUT2D eigenvalue weighted by Crippen LogP contribution is 2.31. The third kappa shape index (κ3) is 6.74. The van der Waals surface area contributed by atoms with E-state index in [4.69, 9.17) is 5.11 Å². The predicted octanol–water partition coefficient (Wildman–Crippen LogP) is 2.99. The summed E-state index contributed by atoms with van der Waals surface area (Å²) >= 11 is 0. The van der Waals surface area contributed by atoms with Crippen molar-refractivity contribution in [2.45, 2.75) is 43.9 Å². The summed E-state index contributed by atoms with van der Waals surface area (Å²) in [6.07, 6.45) is 4.65. The summed E-state index contributed by atoms with van der Waals surface area (Å²) in [6, 6.07) is 7.47. The Kier molecular flexibility index (Phi) is 7.79. The fourth-order valence-electron chi connectivity index (χ4n) is 3.30. The van der Waals surface area contributed by atoms with Gasteiger partial charge in [0.2, 0.25) is 0 Å². The molecule has 1 aromatic carbocycles. The molecule has 1 aromatic heterocycles. The Morgan fingerprint density at radius 1 is 1.19 bits per heavy atom. The Balaban J connectivity index is 1.65. The number of hydrogen-bond donors (Lipinski definition) is 2. The van der Waals surface area contributed by atoms with Gasteiger partial charge in [0.15, 0.2) is 9.84 Å². The first kappa shape index (κ1) is 23.6. The van der Waals surface area contributed by atoms with Crippen LogP contribution in [0.1, 0.15) is 49.5 Å². The van der Waals surface area contributed by atoms with E-state index in [9.17, 15) is 18.0 Å². The molecule has 0 radical (unpaired) electrons. The Morgan fingerprint density at radius 3 is 2.53 bits per heavy atom. The lowest BCUT2D eigenvalue weighted by Crippen LogP contribution is -2.28. The Labute approximate surface area is 187 Å². The normalized spacial score (nSPS) is 13.5. The van der Waals surface area contributed by atoms with Gasteiger partial charge in [-0.2, -0.15) is 0 Å². The molecule has 9 nitrogen and oxygen atoms in total. The molecule has 0 atom stereocenters. The lowest BCUT2D eigenvalue weighted by atomic mass is 10.2. The molecule has 1 saturated carbocycles. The van der Waals surface area contributed by atoms with Crippen molar-refractivity contribution in [3.8, 4) is 0 Å². The second-order valence-electron chi connectivity index (χ2n) is 7.95. The van der Waals surface area contributed by atoms with Crippen LogP contribution in [0.5, 0.6) is 0 Å². The number of nitrogens with one attached hydrogen (secondary N) is 1. The average Bonchev–Trinajstić information content (AvgIpc) is 3.58. The number of aliphatic carboxylic acids is 1. The van der Waals surface area contributed by atoms with Gasteiger partial charge in [-0.05, 0) is 55.9 Å². The molecule has 3 rings (SSSR count). The van der Waals surface area contributed by atoms with Gasteiger partial charge in [-0.1, -0.05) is 6.92 Å². The van der Waals surface area contributed by atoms with E-state index in [2.05, 4.69) is 27.1 Å². The molecular weight excluding hydrogens is 432 g/mol. The molecule has 1 aliphatic rings. The second kappa shape index (κ2) is 10.5. The number of sulfone groups is 1. The summed E-state index contributed by atoms with van der Waals surface area (Å²) in [4.78, 5) is 33.9. The van der Waals surface area contributed by atoms with Crippen molar-refractivity contribution >= 4 is 33.2 Å². The standard InChI is InChI=1S/C22H28N4O5S/c1-2-11-26(14-16-5-6-16)20-13-19(23-15-24-20)22(29)25-17-7-9-18(10-8-17)32(30,31)12-3-4-21(27)28/h7-10,13,15-16H,2-6,11-12,14H2,1H3,(H,25,29)(H,27,28). The maximum atomic E-state index is 12.7. The van der Waals surface area contributed by atoms with Crippen LogP contribution in [0.3, 0.4) is 0 Å². The molecule has 0 spiro atoms. The van der Waals surface area contributed by atoms with E-state index in [1.165, 1.54) is 43.4 Å². The number of carboxylic acid groups (broad SMARTS) is 1. The molecule has 1 heterocycles. The summed E-state index contributed by atoms with van der Waals surface area (Å²) in [5.41, 5.74) is 0.667. The summed E-state index contributed by atoms with van der Waals surface area (Å²) in [5, 5.41) is 11.4. The largest absolute Gasteiger partial charge is 0.481 e. The molecule has 10 heteroatoms. The van der Waals surface area contributed by atoms with Gasteiger partial charge in [0.05, 0.1) is 10.6 Å². The van der Waals surface area contributed by atoms with Gasteiger partial charge in [-0.3, -0.25) is 9.59 Å². The summed E-state index contributed by atoms with van der Waals surface area (Å²) in [6.45, 7) is 3.88. The number of carbonyl (C=O) groups is 2. The number of benzene rings is 1. The number of carboxylic acids is 1. The van der Waals surface area contributed by atoms with E-state index in [-0.39, 0.29) is 29.2 Å². The first-order chi connectivity index (χ1) is 15.3. The lowest BCUT2D eigenvalue weighted by Gasteiger charge is -2.23. The predicted molar refractivity (Wildman–Crippen MR) is 121 cm³/mol. The van der Waals surface area contributed by atoms with Gasteiger partial charge >= 0.3 is 5.97 Å². The maximum absolute atomic E-state index is 12.7. The lowest BCUT2D eigenvalue weighted by molar-refractivity contribution is -0.137. The van der Waals surface area contributed by atoms with Crippen LogP contribution in [-0.2, 0) is 14.6 Å². The smallest absolute Gasteiger partial charge is 0.303 e. The fourth-order valence-corrected chi connectivity index (χ4v) is 4.61. The first-order valence-electron chi connectivity index (χ1n) is 10.7. The van der Waals surface area contributed by atoms with E-state index in [0.717, 1.165) is 25.3 Å². The van der Waals surface area contributed by atoms with Crippen LogP contribution >= 0.6 is 0 Å². The quantitative estimate of drug-likeness (QED) is 0.494. The minimum atomic E-state index is -3.58. The molecule has 0 bridgehead atoms. The Hall–Kier alpha value is -3.01. The Bertz CT molecular complexity index is 1050. The number of amides is 1. The SMILES string of the molecule is CCCN(CC1CC1)c1cc(C(=O)Nc2ccc(S(=O)(=O)CCCC(=O)O)cc2)ncn1. The molecule has 1 fully saturated rings. The van der Waals surface area contributed by atoms with Crippen molar-refractivity contribution in [2.24, 2.45) is 5.92 Å². The highest BCUT2D eigenvalue weighted by atomic mass is 32.2. The van der Waals surface area contributed by atoms with Gasteiger partial charge in [0, 0.05) is 31.3 Å². The Morgan fingerprint density at radius 2 is 1.91 bits per heavy atom. The van der Waals surface area contributed by atoms with Crippen molar-refractivity contribution in [3.05, 3.63) is 42.4 Å². The van der Waals surface area contributed by atoms with E-state index in [1.807, 2.05) is 0 Å². The summed E-state index contributed by atoms with van der Waals surface area (Å²) in [5.74, 6) is -0.274. The van der Waals surface area contributed by atoms with E-state index < -0.39 is 21.7 Å². The number of rotatable bonds is 12. The molecule has 0 aliphatic heterocycles. The fraction of sp³-hybridized carbons (Fsp3) is 0.455. The zero-order valence-electron chi connectivity index (χ0n) is 18.0. The van der Waals surface area contributed by atoms with E-state index in [0.29, 0.717) is 11.6 Å². The van der Waals surface area contributed by atoms with Gasteiger partial charge < -0.3 is 15.3 Å². The van der Waals surface area contributed by atoms with Gasteiger partial charge in [-0.15, -0.1) is 0 Å². The van der Waals surface area contributed by atoms with Gasteiger partial charge in [0.25, 0.3) is 5.91 Å². The van der Waals surface area contributed by atoms with Crippen LogP contribution in [0, 0.1) is 5.92 Å². The molecule has 32 heavy (non-hydrogen) atoms. The monoisotopic (exact) mass is 460 g/mol.